The molecule has 0 radical (unpaired) electrons. The van der Waals surface area contributed by atoms with Gasteiger partial charge in [-0.1, -0.05) is 0 Å². The summed E-state index contributed by atoms with van der Waals surface area (Å²) in [5.74, 6) is -0.521. The van der Waals surface area contributed by atoms with E-state index in [1.54, 1.807) is 16.8 Å². The van der Waals surface area contributed by atoms with Crippen molar-refractivity contribution in [2.45, 2.75) is 0 Å². The van der Waals surface area contributed by atoms with E-state index in [4.69, 9.17) is 11.6 Å². The van der Waals surface area contributed by atoms with E-state index in [2.05, 4.69) is 14.7 Å². The number of carbonyl (C=O) groups excluding carboxylic acids is 1. The van der Waals surface area contributed by atoms with Crippen molar-refractivity contribution >= 4 is 45.8 Å². The molecule has 0 saturated heterocycles. The van der Waals surface area contributed by atoms with Crippen molar-refractivity contribution in [2.24, 2.45) is 0 Å². The number of hydrogen-bond acceptors (Lipinski definition) is 4. The lowest BCUT2D eigenvalue weighted by Crippen LogP contribution is -2.10. The lowest BCUT2D eigenvalue weighted by molar-refractivity contribution is 0.0592. The Morgan fingerprint density at radius 1 is 1.67 bits per heavy atom. The molecule has 0 saturated carbocycles. The summed E-state index contributed by atoms with van der Waals surface area (Å²) >= 11 is 7.86. The zero-order valence-electron chi connectivity index (χ0n) is 7.57. The highest BCUT2D eigenvalue weighted by atomic mass is 127. The van der Waals surface area contributed by atoms with Crippen LogP contribution < -0.4 is 0 Å². The Bertz CT molecular complexity index is 540. The van der Waals surface area contributed by atoms with Crippen molar-refractivity contribution in [2.75, 3.05) is 7.11 Å². The molecule has 0 atom stereocenters. The number of aromatic nitrogens is 3. The molecular formula is C8H5ClIN3O2. The van der Waals surface area contributed by atoms with E-state index >= 15 is 0 Å². The quantitative estimate of drug-likeness (QED) is 0.452. The number of halogens is 2. The van der Waals surface area contributed by atoms with Crippen molar-refractivity contribution in [1.29, 1.82) is 0 Å². The molecule has 0 aliphatic rings. The number of methoxy groups -OCH3 is 1. The molecule has 0 aliphatic heterocycles. The summed E-state index contributed by atoms with van der Waals surface area (Å²) in [5, 5.41) is 0.184. The predicted octanol–water partition coefficient (Wildman–Crippen LogP) is 1.77. The number of rotatable bonds is 1. The summed E-state index contributed by atoms with van der Waals surface area (Å²) in [6, 6.07) is 0. The molecule has 0 aromatic carbocycles. The normalized spacial score (nSPS) is 10.6. The van der Waals surface area contributed by atoms with Crippen molar-refractivity contribution in [3.63, 3.8) is 0 Å². The maximum Gasteiger partial charge on any atom is 0.358 e. The van der Waals surface area contributed by atoms with Gasteiger partial charge in [0.05, 0.1) is 10.7 Å². The van der Waals surface area contributed by atoms with Gasteiger partial charge in [0, 0.05) is 12.4 Å². The third-order valence-electron chi connectivity index (χ3n) is 1.83. The Morgan fingerprint density at radius 2 is 2.40 bits per heavy atom. The third kappa shape index (κ3) is 1.67. The molecule has 0 fully saturated rings. The SMILES string of the molecule is COC(=O)c1nc(Cl)n2ccnc2c1I. The highest BCUT2D eigenvalue weighted by molar-refractivity contribution is 14.1. The van der Waals surface area contributed by atoms with Crippen LogP contribution >= 0.6 is 34.2 Å². The van der Waals surface area contributed by atoms with E-state index in [0.29, 0.717) is 9.22 Å². The highest BCUT2D eigenvalue weighted by Crippen LogP contribution is 2.20. The van der Waals surface area contributed by atoms with Crippen LogP contribution in [0.15, 0.2) is 12.4 Å². The first-order chi connectivity index (χ1) is 7.15. The predicted molar refractivity (Wildman–Crippen MR) is 62.1 cm³/mol. The summed E-state index contributed by atoms with van der Waals surface area (Å²) in [5.41, 5.74) is 0.776. The fraction of sp³-hybridized carbons (Fsp3) is 0.125. The summed E-state index contributed by atoms with van der Waals surface area (Å²) in [6.45, 7) is 0. The fourth-order valence-corrected chi connectivity index (χ4v) is 2.11. The lowest BCUT2D eigenvalue weighted by Gasteiger charge is -2.04. The van der Waals surface area contributed by atoms with Gasteiger partial charge in [-0.15, -0.1) is 0 Å². The van der Waals surface area contributed by atoms with Crippen LogP contribution in [0.5, 0.6) is 0 Å². The number of imidazole rings is 1. The van der Waals surface area contributed by atoms with E-state index in [1.807, 2.05) is 22.6 Å². The molecule has 0 N–H and O–H groups in total. The van der Waals surface area contributed by atoms with Gasteiger partial charge in [-0.05, 0) is 34.2 Å². The Morgan fingerprint density at radius 3 is 3.07 bits per heavy atom. The molecule has 2 aromatic heterocycles. The van der Waals surface area contributed by atoms with Gasteiger partial charge in [-0.25, -0.2) is 14.8 Å². The Labute approximate surface area is 104 Å². The molecule has 0 bridgehead atoms. The highest BCUT2D eigenvalue weighted by Gasteiger charge is 2.18. The van der Waals surface area contributed by atoms with Crippen LogP contribution in [0.25, 0.3) is 5.65 Å². The minimum Gasteiger partial charge on any atom is -0.464 e. The molecule has 0 aliphatic carbocycles. The molecule has 5 nitrogen and oxygen atoms in total. The smallest absolute Gasteiger partial charge is 0.358 e. The van der Waals surface area contributed by atoms with Gasteiger partial charge in [0.2, 0.25) is 5.28 Å². The van der Waals surface area contributed by atoms with Crippen LogP contribution in [-0.2, 0) is 4.74 Å². The summed E-state index contributed by atoms with van der Waals surface area (Å²) in [7, 11) is 1.30. The van der Waals surface area contributed by atoms with E-state index in [9.17, 15) is 4.79 Å². The molecule has 78 valence electrons. The van der Waals surface area contributed by atoms with Gasteiger partial charge in [0.1, 0.15) is 0 Å². The summed E-state index contributed by atoms with van der Waals surface area (Å²) in [4.78, 5) is 19.4. The average molecular weight is 338 g/mol. The van der Waals surface area contributed by atoms with Crippen molar-refractivity contribution < 1.29 is 9.53 Å². The van der Waals surface area contributed by atoms with Gasteiger partial charge in [0.15, 0.2) is 11.3 Å². The Balaban J connectivity index is 2.76. The Kier molecular flexibility index (Phi) is 2.79. The van der Waals surface area contributed by atoms with Crippen molar-refractivity contribution in [3.05, 3.63) is 26.9 Å². The number of fused-ring (bicyclic) bond motifs is 1. The topological polar surface area (TPSA) is 56.5 Å². The zero-order valence-corrected chi connectivity index (χ0v) is 10.5. The molecule has 15 heavy (non-hydrogen) atoms. The van der Waals surface area contributed by atoms with Crippen LogP contribution in [0.1, 0.15) is 10.5 Å². The van der Waals surface area contributed by atoms with Crippen LogP contribution in [0.4, 0.5) is 0 Å². The molecule has 0 amide bonds. The molecule has 2 rings (SSSR count). The number of hydrogen-bond donors (Lipinski definition) is 0. The monoisotopic (exact) mass is 337 g/mol. The van der Waals surface area contributed by atoms with E-state index in [1.165, 1.54) is 7.11 Å². The van der Waals surface area contributed by atoms with Gasteiger partial charge in [-0.2, -0.15) is 0 Å². The van der Waals surface area contributed by atoms with Gasteiger partial charge >= 0.3 is 5.97 Å². The third-order valence-corrected chi connectivity index (χ3v) is 3.09. The van der Waals surface area contributed by atoms with Crippen LogP contribution in [0.2, 0.25) is 5.28 Å². The second-order valence-corrected chi connectivity index (χ2v) is 4.07. The molecule has 7 heteroatoms. The van der Waals surface area contributed by atoms with Crippen molar-refractivity contribution in [1.82, 2.24) is 14.4 Å². The van der Waals surface area contributed by atoms with E-state index in [0.717, 1.165) is 0 Å². The van der Waals surface area contributed by atoms with Crippen LogP contribution in [-0.4, -0.2) is 27.4 Å². The number of carbonyl (C=O) groups is 1. The van der Waals surface area contributed by atoms with Gasteiger partial charge < -0.3 is 4.74 Å². The molecule has 2 aromatic rings. The average Bonchev–Trinajstić information content (AvgIpc) is 2.71. The Hall–Kier alpha value is -0.890. The van der Waals surface area contributed by atoms with Crippen molar-refractivity contribution in [3.8, 4) is 0 Å². The maximum atomic E-state index is 11.4. The minimum absolute atomic E-state index is 0.182. The first-order valence-electron chi connectivity index (χ1n) is 3.91. The fourth-order valence-electron chi connectivity index (χ4n) is 1.15. The summed E-state index contributed by atoms with van der Waals surface area (Å²) < 4.78 is 6.81. The maximum absolute atomic E-state index is 11.4. The van der Waals surface area contributed by atoms with E-state index in [-0.39, 0.29) is 11.0 Å². The van der Waals surface area contributed by atoms with E-state index < -0.39 is 5.97 Å². The van der Waals surface area contributed by atoms with Crippen LogP contribution in [0, 0.1) is 3.57 Å². The molecule has 2 heterocycles. The second kappa shape index (κ2) is 3.93. The lowest BCUT2D eigenvalue weighted by atomic mass is 10.4. The molecular weight excluding hydrogens is 332 g/mol. The standard InChI is InChI=1S/C8H5ClIN3O2/c1-15-7(14)5-4(10)6-11-2-3-13(6)8(9)12-5/h2-3H,1H3. The largest absolute Gasteiger partial charge is 0.464 e. The first-order valence-corrected chi connectivity index (χ1v) is 5.37. The molecule has 0 unspecified atom stereocenters. The summed E-state index contributed by atoms with van der Waals surface area (Å²) in [6.07, 6.45) is 3.26. The number of nitrogens with zero attached hydrogens (tertiary/aromatic N) is 3. The molecule has 0 spiro atoms. The zero-order chi connectivity index (χ0) is 11.0. The number of esters is 1. The van der Waals surface area contributed by atoms with Gasteiger partial charge in [-0.3, -0.25) is 4.40 Å². The second-order valence-electron chi connectivity index (χ2n) is 2.66. The van der Waals surface area contributed by atoms with Gasteiger partial charge in [0.25, 0.3) is 0 Å². The first kappa shape index (κ1) is 10.6. The minimum atomic E-state index is -0.521. The van der Waals surface area contributed by atoms with Crippen LogP contribution in [0.3, 0.4) is 0 Å². The number of ether oxygens (including phenoxy) is 1.